The van der Waals surface area contributed by atoms with Crippen molar-refractivity contribution in [3.8, 4) is 11.5 Å². The van der Waals surface area contributed by atoms with Crippen molar-refractivity contribution in [2.45, 2.75) is 13.8 Å². The Bertz CT molecular complexity index is 628. The van der Waals surface area contributed by atoms with Gasteiger partial charge in [-0.2, -0.15) is 0 Å². The highest BCUT2D eigenvalue weighted by atomic mass is 127. The number of aromatic hydroxyl groups is 1. The number of carbonyl (C=O) groups excluding carboxylic acids is 2. The molecule has 0 radical (unpaired) electrons. The van der Waals surface area contributed by atoms with Gasteiger partial charge in [0, 0.05) is 6.54 Å². The number of rotatable bonds is 4. The second kappa shape index (κ2) is 6.33. The molecule has 0 aromatic heterocycles. The Kier molecular flexibility index (Phi) is 4.71. The minimum absolute atomic E-state index is 0.0663. The predicted molar refractivity (Wildman–Crippen MR) is 85.9 cm³/mol. The third kappa shape index (κ3) is 3.12. The molecule has 6 nitrogen and oxygen atoms in total. The lowest BCUT2D eigenvalue weighted by molar-refractivity contribution is -0.122. The third-order valence-corrected chi connectivity index (χ3v) is 3.76. The van der Waals surface area contributed by atoms with E-state index in [2.05, 4.69) is 5.32 Å². The summed E-state index contributed by atoms with van der Waals surface area (Å²) in [6, 6.07) is 2.91. The van der Waals surface area contributed by atoms with Crippen LogP contribution < -0.4 is 10.1 Å². The second-order valence-electron chi connectivity index (χ2n) is 4.32. The van der Waals surface area contributed by atoms with Crippen molar-refractivity contribution in [1.82, 2.24) is 10.2 Å². The van der Waals surface area contributed by atoms with Crippen molar-refractivity contribution in [2.24, 2.45) is 0 Å². The molecule has 1 saturated heterocycles. The van der Waals surface area contributed by atoms with Crippen LogP contribution in [0.4, 0.5) is 4.79 Å². The molecule has 0 aliphatic carbocycles. The van der Waals surface area contributed by atoms with Crippen LogP contribution >= 0.6 is 22.6 Å². The highest BCUT2D eigenvalue weighted by molar-refractivity contribution is 14.1. The average Bonchev–Trinajstić information content (AvgIpc) is 2.70. The summed E-state index contributed by atoms with van der Waals surface area (Å²) in [6.07, 6.45) is 1.57. The number of ether oxygens (including phenoxy) is 1. The number of hydrogen-bond donors (Lipinski definition) is 2. The maximum Gasteiger partial charge on any atom is 0.328 e. The Hall–Kier alpha value is -1.77. The van der Waals surface area contributed by atoms with Crippen LogP contribution in [0.3, 0.4) is 0 Å². The molecule has 0 unspecified atom stereocenters. The summed E-state index contributed by atoms with van der Waals surface area (Å²) in [7, 11) is 0. The Morgan fingerprint density at radius 3 is 2.67 bits per heavy atom. The summed E-state index contributed by atoms with van der Waals surface area (Å²) in [4.78, 5) is 24.7. The first-order valence-corrected chi connectivity index (χ1v) is 7.55. The lowest BCUT2D eigenvalue weighted by atomic mass is 10.1. The molecule has 21 heavy (non-hydrogen) atoms. The molecule has 0 atom stereocenters. The number of amides is 3. The third-order valence-electron chi connectivity index (χ3n) is 2.94. The highest BCUT2D eigenvalue weighted by Crippen LogP contribution is 2.33. The van der Waals surface area contributed by atoms with Gasteiger partial charge in [-0.05, 0) is 60.2 Å². The van der Waals surface area contributed by atoms with E-state index in [1.54, 1.807) is 25.1 Å². The largest absolute Gasteiger partial charge is 0.504 e. The Balaban J connectivity index is 2.37. The number of imide groups is 1. The van der Waals surface area contributed by atoms with E-state index < -0.39 is 6.03 Å². The number of likely N-dealkylation sites (N-methyl/N-ethyl adjacent to an activating group) is 1. The van der Waals surface area contributed by atoms with Gasteiger partial charge in [-0.15, -0.1) is 0 Å². The molecule has 1 aromatic carbocycles. The summed E-state index contributed by atoms with van der Waals surface area (Å²) >= 11 is 1.98. The highest BCUT2D eigenvalue weighted by Gasteiger charge is 2.32. The number of nitrogens with one attached hydrogen (secondary N) is 1. The number of phenols is 1. The molecule has 0 spiro atoms. The Morgan fingerprint density at radius 2 is 2.10 bits per heavy atom. The van der Waals surface area contributed by atoms with Crippen molar-refractivity contribution < 1.29 is 19.4 Å². The average molecular weight is 402 g/mol. The number of phenolic OH excluding ortho intramolecular Hbond substituents is 1. The van der Waals surface area contributed by atoms with E-state index in [0.29, 0.717) is 28.0 Å². The van der Waals surface area contributed by atoms with E-state index in [4.69, 9.17) is 4.74 Å². The van der Waals surface area contributed by atoms with Gasteiger partial charge in [0.25, 0.3) is 5.91 Å². The summed E-state index contributed by atoms with van der Waals surface area (Å²) in [5, 5.41) is 12.4. The van der Waals surface area contributed by atoms with Crippen molar-refractivity contribution in [2.75, 3.05) is 13.2 Å². The van der Waals surface area contributed by atoms with Gasteiger partial charge in [0.2, 0.25) is 0 Å². The van der Waals surface area contributed by atoms with E-state index in [-0.39, 0.29) is 17.4 Å². The van der Waals surface area contributed by atoms with Crippen LogP contribution in [0, 0.1) is 3.57 Å². The zero-order valence-electron chi connectivity index (χ0n) is 11.6. The number of halogens is 1. The molecule has 3 amide bonds. The van der Waals surface area contributed by atoms with Crippen molar-refractivity contribution >= 4 is 40.6 Å². The molecule has 0 bridgehead atoms. The molecule has 1 aromatic rings. The molecule has 1 aliphatic heterocycles. The maximum atomic E-state index is 12.0. The van der Waals surface area contributed by atoms with Gasteiger partial charge in [-0.25, -0.2) is 4.79 Å². The van der Waals surface area contributed by atoms with Crippen LogP contribution in [0.5, 0.6) is 11.5 Å². The van der Waals surface area contributed by atoms with Gasteiger partial charge in [0.05, 0.1) is 10.2 Å². The van der Waals surface area contributed by atoms with Gasteiger partial charge in [0.1, 0.15) is 5.70 Å². The van der Waals surface area contributed by atoms with E-state index >= 15 is 0 Å². The van der Waals surface area contributed by atoms with Gasteiger partial charge < -0.3 is 15.2 Å². The molecule has 1 heterocycles. The zero-order chi connectivity index (χ0) is 15.6. The van der Waals surface area contributed by atoms with Gasteiger partial charge >= 0.3 is 6.03 Å². The predicted octanol–water partition coefficient (Wildman–Crippen LogP) is 2.31. The smallest absolute Gasteiger partial charge is 0.328 e. The van der Waals surface area contributed by atoms with Crippen LogP contribution in [0.15, 0.2) is 17.8 Å². The summed E-state index contributed by atoms with van der Waals surface area (Å²) in [5.41, 5.74) is 0.882. The van der Waals surface area contributed by atoms with Gasteiger partial charge in [0.15, 0.2) is 11.5 Å². The quantitative estimate of drug-likeness (QED) is 0.460. The lowest BCUT2D eigenvalue weighted by Gasteiger charge is -2.09. The first-order valence-electron chi connectivity index (χ1n) is 6.47. The molecular weight excluding hydrogens is 387 g/mol. The summed E-state index contributed by atoms with van der Waals surface area (Å²) in [6.45, 7) is 4.29. The van der Waals surface area contributed by atoms with E-state index in [0.717, 1.165) is 4.90 Å². The fourth-order valence-corrected chi connectivity index (χ4v) is 2.59. The molecule has 1 fully saturated rings. The molecule has 112 valence electrons. The van der Waals surface area contributed by atoms with Crippen molar-refractivity contribution in [1.29, 1.82) is 0 Å². The number of nitrogens with zero attached hydrogens (tertiary/aromatic N) is 1. The first-order chi connectivity index (χ1) is 9.97. The van der Waals surface area contributed by atoms with Crippen LogP contribution in [-0.4, -0.2) is 35.1 Å². The Labute approximate surface area is 135 Å². The van der Waals surface area contributed by atoms with Crippen molar-refractivity contribution in [3.05, 3.63) is 27.0 Å². The van der Waals surface area contributed by atoms with E-state index in [9.17, 15) is 14.7 Å². The van der Waals surface area contributed by atoms with Crippen LogP contribution in [0.2, 0.25) is 0 Å². The molecule has 0 saturated carbocycles. The van der Waals surface area contributed by atoms with Crippen LogP contribution in [-0.2, 0) is 4.79 Å². The molecular formula is C14H15IN2O4. The molecule has 7 heteroatoms. The lowest BCUT2D eigenvalue weighted by Crippen LogP contribution is -2.30. The van der Waals surface area contributed by atoms with E-state index in [1.807, 2.05) is 29.5 Å². The molecule has 2 N–H and O–H groups in total. The van der Waals surface area contributed by atoms with Gasteiger partial charge in [-0.3, -0.25) is 9.69 Å². The number of carbonyl (C=O) groups is 2. The fourth-order valence-electron chi connectivity index (χ4n) is 1.97. The first kappa shape index (κ1) is 15.6. The van der Waals surface area contributed by atoms with Gasteiger partial charge in [-0.1, -0.05) is 0 Å². The number of urea groups is 1. The zero-order valence-corrected chi connectivity index (χ0v) is 13.8. The second-order valence-corrected chi connectivity index (χ2v) is 5.48. The summed E-state index contributed by atoms with van der Waals surface area (Å²) in [5.74, 6) is 0.0560. The molecule has 2 rings (SSSR count). The SMILES string of the molecule is CCOc1cc(C=C2NC(=O)N(CC)C2=O)cc(I)c1O. The number of hydrogen-bond acceptors (Lipinski definition) is 4. The van der Waals surface area contributed by atoms with Crippen molar-refractivity contribution in [3.63, 3.8) is 0 Å². The van der Waals surface area contributed by atoms with Crippen LogP contribution in [0.25, 0.3) is 6.08 Å². The standard InChI is InChI=1S/C14H15IN2O4/c1-3-17-13(19)10(16-14(17)20)6-8-5-9(15)12(18)11(7-8)21-4-2/h5-7,18H,3-4H2,1-2H3,(H,16,20). The number of benzene rings is 1. The minimum atomic E-state index is -0.424. The molecule has 1 aliphatic rings. The summed E-state index contributed by atoms with van der Waals surface area (Å²) < 4.78 is 5.95. The normalized spacial score (nSPS) is 16.5. The fraction of sp³-hybridized carbons (Fsp3) is 0.286. The minimum Gasteiger partial charge on any atom is -0.504 e. The van der Waals surface area contributed by atoms with E-state index in [1.165, 1.54) is 0 Å². The van der Waals surface area contributed by atoms with Crippen LogP contribution in [0.1, 0.15) is 19.4 Å². The maximum absolute atomic E-state index is 12.0. The topological polar surface area (TPSA) is 78.9 Å². The monoisotopic (exact) mass is 402 g/mol. The Morgan fingerprint density at radius 1 is 1.38 bits per heavy atom.